The van der Waals surface area contributed by atoms with Crippen molar-refractivity contribution in [3.05, 3.63) is 0 Å². The molecule has 0 unspecified atom stereocenters. The molecule has 1 saturated heterocycles. The number of carbonyl (C=O) groups is 1. The van der Waals surface area contributed by atoms with E-state index in [0.717, 1.165) is 25.8 Å². The first-order chi connectivity index (χ1) is 7.02. The van der Waals surface area contributed by atoms with Crippen LogP contribution in [0.25, 0.3) is 0 Å². The maximum absolute atomic E-state index is 12.0. The van der Waals surface area contributed by atoms with Crippen molar-refractivity contribution in [1.82, 2.24) is 4.90 Å². The van der Waals surface area contributed by atoms with Crippen LogP contribution in [0.4, 0.5) is 0 Å². The van der Waals surface area contributed by atoms with E-state index in [1.807, 2.05) is 4.90 Å². The van der Waals surface area contributed by atoms with Crippen molar-refractivity contribution in [3.8, 4) is 0 Å². The van der Waals surface area contributed by atoms with Crippen LogP contribution in [0, 0.1) is 5.92 Å². The van der Waals surface area contributed by atoms with Crippen molar-refractivity contribution >= 4 is 5.91 Å². The summed E-state index contributed by atoms with van der Waals surface area (Å²) in [6.07, 6.45) is 4.29. The molecule has 88 valence electrons. The Balaban J connectivity index is 2.50. The lowest BCUT2D eigenvalue weighted by Gasteiger charge is -2.35. The van der Waals surface area contributed by atoms with E-state index in [-0.39, 0.29) is 11.9 Å². The normalized spacial score (nSPS) is 24.3. The lowest BCUT2D eigenvalue weighted by molar-refractivity contribution is -0.136. The highest BCUT2D eigenvalue weighted by Crippen LogP contribution is 2.18. The lowest BCUT2D eigenvalue weighted by Crippen LogP contribution is -2.50. The highest BCUT2D eigenvalue weighted by Gasteiger charge is 2.27. The fraction of sp³-hybridized carbons (Fsp3) is 0.917. The second kappa shape index (κ2) is 5.50. The van der Waals surface area contributed by atoms with E-state index >= 15 is 0 Å². The number of amides is 1. The van der Waals surface area contributed by atoms with E-state index in [1.54, 1.807) is 0 Å². The monoisotopic (exact) mass is 212 g/mol. The van der Waals surface area contributed by atoms with Gasteiger partial charge in [0.15, 0.2) is 0 Å². The summed E-state index contributed by atoms with van der Waals surface area (Å²) >= 11 is 0. The minimum Gasteiger partial charge on any atom is -0.339 e. The van der Waals surface area contributed by atoms with E-state index in [2.05, 4.69) is 20.8 Å². The molecule has 1 aliphatic rings. The Morgan fingerprint density at radius 1 is 1.47 bits per heavy atom. The minimum absolute atomic E-state index is 0.149. The van der Waals surface area contributed by atoms with E-state index in [9.17, 15) is 4.79 Å². The van der Waals surface area contributed by atoms with E-state index in [0.29, 0.717) is 12.0 Å². The minimum atomic E-state index is -0.300. The van der Waals surface area contributed by atoms with Gasteiger partial charge in [-0.25, -0.2) is 0 Å². The molecule has 0 aromatic rings. The van der Waals surface area contributed by atoms with Crippen LogP contribution in [0.2, 0.25) is 0 Å². The van der Waals surface area contributed by atoms with E-state index in [1.165, 1.54) is 6.42 Å². The summed E-state index contributed by atoms with van der Waals surface area (Å²) in [7, 11) is 0. The molecule has 1 aliphatic heterocycles. The molecule has 15 heavy (non-hydrogen) atoms. The summed E-state index contributed by atoms with van der Waals surface area (Å²) in [6, 6.07) is 0.0787. The zero-order chi connectivity index (χ0) is 11.4. The summed E-state index contributed by atoms with van der Waals surface area (Å²) in [6.45, 7) is 7.23. The van der Waals surface area contributed by atoms with Crippen LogP contribution in [0.3, 0.4) is 0 Å². The number of hydrogen-bond acceptors (Lipinski definition) is 2. The summed E-state index contributed by atoms with van der Waals surface area (Å²) in [5.74, 6) is 0.639. The van der Waals surface area contributed by atoms with Crippen molar-refractivity contribution < 1.29 is 4.79 Å². The summed E-state index contributed by atoms with van der Waals surface area (Å²) in [5, 5.41) is 0. The smallest absolute Gasteiger partial charge is 0.239 e. The Kier molecular flexibility index (Phi) is 4.58. The van der Waals surface area contributed by atoms with Gasteiger partial charge < -0.3 is 10.6 Å². The van der Waals surface area contributed by atoms with Crippen LogP contribution in [0.15, 0.2) is 0 Å². The van der Waals surface area contributed by atoms with Crippen molar-refractivity contribution in [3.63, 3.8) is 0 Å². The van der Waals surface area contributed by atoms with E-state index in [4.69, 9.17) is 5.73 Å². The van der Waals surface area contributed by atoms with Gasteiger partial charge >= 0.3 is 0 Å². The Morgan fingerprint density at radius 3 is 2.67 bits per heavy atom. The van der Waals surface area contributed by atoms with Crippen molar-refractivity contribution in [2.24, 2.45) is 11.7 Å². The van der Waals surface area contributed by atoms with Crippen LogP contribution in [-0.2, 0) is 4.79 Å². The molecule has 0 bridgehead atoms. The Bertz CT molecular complexity index is 216. The topological polar surface area (TPSA) is 46.3 Å². The molecule has 1 amide bonds. The number of nitrogens with two attached hydrogens (primary N) is 1. The summed E-state index contributed by atoms with van der Waals surface area (Å²) in [5.41, 5.74) is 5.92. The predicted molar refractivity (Wildman–Crippen MR) is 62.5 cm³/mol. The maximum Gasteiger partial charge on any atom is 0.239 e. The molecule has 0 aromatic carbocycles. The number of rotatable bonds is 3. The number of likely N-dealkylation sites (tertiary alicyclic amines) is 1. The number of hydrogen-bond donors (Lipinski definition) is 1. The first-order valence-corrected chi connectivity index (χ1v) is 6.08. The number of piperidine rings is 1. The zero-order valence-corrected chi connectivity index (χ0v) is 10.2. The van der Waals surface area contributed by atoms with Crippen LogP contribution in [0.5, 0.6) is 0 Å². The molecule has 3 heteroatoms. The summed E-state index contributed by atoms with van der Waals surface area (Å²) < 4.78 is 0. The fourth-order valence-electron chi connectivity index (χ4n) is 2.25. The van der Waals surface area contributed by atoms with Gasteiger partial charge in [0.05, 0.1) is 6.04 Å². The predicted octanol–water partition coefficient (Wildman–Crippen LogP) is 1.76. The molecule has 3 nitrogen and oxygen atoms in total. The first-order valence-electron chi connectivity index (χ1n) is 6.08. The number of nitrogens with zero attached hydrogens (tertiary/aromatic N) is 1. The second-order valence-electron chi connectivity index (χ2n) is 5.11. The third-order valence-corrected chi connectivity index (χ3v) is 3.13. The molecule has 1 fully saturated rings. The molecule has 2 N–H and O–H groups in total. The van der Waals surface area contributed by atoms with Crippen LogP contribution >= 0.6 is 0 Å². The Hall–Kier alpha value is -0.570. The van der Waals surface area contributed by atoms with Gasteiger partial charge in [0.25, 0.3) is 0 Å². The molecule has 2 atom stereocenters. The molecule has 1 heterocycles. The molecular weight excluding hydrogens is 188 g/mol. The Morgan fingerprint density at radius 2 is 2.13 bits per heavy atom. The molecule has 0 aromatic heterocycles. The number of carbonyl (C=O) groups excluding carboxylic acids is 1. The highest BCUT2D eigenvalue weighted by atomic mass is 16.2. The second-order valence-corrected chi connectivity index (χ2v) is 5.11. The molecule has 0 spiro atoms. The van der Waals surface area contributed by atoms with Crippen molar-refractivity contribution in [2.45, 2.75) is 58.5 Å². The average Bonchev–Trinajstić information content (AvgIpc) is 2.16. The standard InChI is InChI=1S/C12H24N2O/c1-9(2)8-11(13)12(15)14-7-5-4-6-10(14)3/h9-11H,4-8,13H2,1-3H3/t10-,11+/m1/s1. The highest BCUT2D eigenvalue weighted by molar-refractivity contribution is 5.82. The quantitative estimate of drug-likeness (QED) is 0.775. The van der Waals surface area contributed by atoms with E-state index < -0.39 is 0 Å². The van der Waals surface area contributed by atoms with Crippen LogP contribution < -0.4 is 5.73 Å². The van der Waals surface area contributed by atoms with Gasteiger partial charge in [0.1, 0.15) is 0 Å². The molecule has 0 aliphatic carbocycles. The average molecular weight is 212 g/mol. The first kappa shape index (κ1) is 12.5. The lowest BCUT2D eigenvalue weighted by atomic mass is 9.99. The largest absolute Gasteiger partial charge is 0.339 e. The van der Waals surface area contributed by atoms with Gasteiger partial charge in [-0.05, 0) is 38.5 Å². The van der Waals surface area contributed by atoms with Gasteiger partial charge in [-0.15, -0.1) is 0 Å². The van der Waals surface area contributed by atoms with Gasteiger partial charge in [-0.1, -0.05) is 13.8 Å². The maximum atomic E-state index is 12.0. The van der Waals surface area contributed by atoms with Gasteiger partial charge in [-0.3, -0.25) is 4.79 Å². The SMILES string of the molecule is CC(C)C[C@H](N)C(=O)N1CCCC[C@H]1C. The van der Waals surface area contributed by atoms with Gasteiger partial charge in [0, 0.05) is 12.6 Å². The van der Waals surface area contributed by atoms with Crippen LogP contribution in [0.1, 0.15) is 46.5 Å². The molecule has 1 rings (SSSR count). The summed E-state index contributed by atoms with van der Waals surface area (Å²) in [4.78, 5) is 14.0. The van der Waals surface area contributed by atoms with Crippen molar-refractivity contribution in [2.75, 3.05) is 6.54 Å². The fourth-order valence-corrected chi connectivity index (χ4v) is 2.25. The van der Waals surface area contributed by atoms with Crippen molar-refractivity contribution in [1.29, 1.82) is 0 Å². The molecular formula is C12H24N2O. The molecule has 0 saturated carbocycles. The van der Waals surface area contributed by atoms with Gasteiger partial charge in [-0.2, -0.15) is 0 Å². The zero-order valence-electron chi connectivity index (χ0n) is 10.2. The third-order valence-electron chi connectivity index (χ3n) is 3.13. The third kappa shape index (κ3) is 3.49. The van der Waals surface area contributed by atoms with Crippen LogP contribution in [-0.4, -0.2) is 29.4 Å². The Labute approximate surface area is 93.0 Å². The van der Waals surface area contributed by atoms with Gasteiger partial charge in [0.2, 0.25) is 5.91 Å². The molecule has 0 radical (unpaired) electrons.